The van der Waals surface area contributed by atoms with E-state index in [9.17, 15) is 4.79 Å². The third-order valence-corrected chi connectivity index (χ3v) is 4.39. The minimum absolute atomic E-state index is 0.134. The molecule has 3 atom stereocenters. The Hall–Kier alpha value is -1.86. The van der Waals surface area contributed by atoms with Crippen LogP contribution in [0.25, 0.3) is 0 Å². The van der Waals surface area contributed by atoms with Gasteiger partial charge in [0, 0.05) is 5.69 Å². The van der Waals surface area contributed by atoms with Crippen LogP contribution in [0, 0.1) is 17.2 Å². The van der Waals surface area contributed by atoms with E-state index in [1.54, 1.807) is 31.2 Å². The summed E-state index contributed by atoms with van der Waals surface area (Å²) < 4.78 is 6.01. The maximum Gasteiger partial charge on any atom is 0.253 e. The zero-order valence-corrected chi connectivity index (χ0v) is 13.3. The molecule has 1 aliphatic rings. The second-order valence-corrected chi connectivity index (χ2v) is 5.95. The normalized spacial score (nSPS) is 22.6. The third-order valence-electron chi connectivity index (χ3n) is 4.39. The number of carbonyl (C=O) groups excluding carboxylic acids is 1. The van der Waals surface area contributed by atoms with E-state index < -0.39 is 6.10 Å². The van der Waals surface area contributed by atoms with Crippen molar-refractivity contribution in [2.24, 2.45) is 5.92 Å². The Kier molecular flexibility index (Phi) is 5.97. The molecule has 1 fully saturated rings. The molecular weight excluding hydrogens is 276 g/mol. The van der Waals surface area contributed by atoms with Crippen molar-refractivity contribution in [1.82, 2.24) is 0 Å². The molecule has 0 heterocycles. The maximum atomic E-state index is 12.2. The number of carbonyl (C=O) groups is 1. The van der Waals surface area contributed by atoms with Gasteiger partial charge in [-0.2, -0.15) is 5.26 Å². The molecule has 118 valence electrons. The second-order valence-electron chi connectivity index (χ2n) is 5.95. The lowest BCUT2D eigenvalue weighted by molar-refractivity contribution is -0.134. The summed E-state index contributed by atoms with van der Waals surface area (Å²) in [5.74, 6) is 0.434. The monoisotopic (exact) mass is 300 g/mol. The molecule has 2 rings (SSSR count). The van der Waals surface area contributed by atoms with E-state index in [2.05, 4.69) is 18.3 Å². The van der Waals surface area contributed by atoms with Crippen LogP contribution in [0.4, 0.5) is 5.69 Å². The molecule has 4 heteroatoms. The Morgan fingerprint density at radius 3 is 2.68 bits per heavy atom. The van der Waals surface area contributed by atoms with E-state index >= 15 is 0 Å². The van der Waals surface area contributed by atoms with Gasteiger partial charge in [-0.15, -0.1) is 0 Å². The Morgan fingerprint density at radius 2 is 2.05 bits per heavy atom. The highest BCUT2D eigenvalue weighted by molar-refractivity contribution is 5.93. The van der Waals surface area contributed by atoms with Crippen molar-refractivity contribution in [1.29, 1.82) is 5.26 Å². The SMILES string of the molecule is CCC1CCCCC1OC(C)C(=O)Nc1ccc(C#N)cc1. The van der Waals surface area contributed by atoms with Gasteiger partial charge in [-0.1, -0.05) is 26.2 Å². The van der Waals surface area contributed by atoms with Gasteiger partial charge in [0.15, 0.2) is 0 Å². The fraction of sp³-hybridized carbons (Fsp3) is 0.556. The number of amides is 1. The molecule has 1 aromatic rings. The molecule has 0 saturated heterocycles. The Morgan fingerprint density at radius 1 is 1.36 bits per heavy atom. The molecule has 4 nitrogen and oxygen atoms in total. The van der Waals surface area contributed by atoms with E-state index in [1.807, 2.05) is 0 Å². The van der Waals surface area contributed by atoms with Gasteiger partial charge in [0.1, 0.15) is 6.10 Å². The number of nitrogens with one attached hydrogen (secondary N) is 1. The molecule has 1 N–H and O–H groups in total. The first-order valence-electron chi connectivity index (χ1n) is 8.10. The number of nitriles is 1. The molecule has 0 spiro atoms. The van der Waals surface area contributed by atoms with E-state index in [0.717, 1.165) is 12.8 Å². The van der Waals surface area contributed by atoms with Crippen LogP contribution in [0.1, 0.15) is 51.5 Å². The van der Waals surface area contributed by atoms with Gasteiger partial charge >= 0.3 is 0 Å². The predicted molar refractivity (Wildman–Crippen MR) is 86.4 cm³/mol. The van der Waals surface area contributed by atoms with Gasteiger partial charge in [0.05, 0.1) is 17.7 Å². The lowest BCUT2D eigenvalue weighted by atomic mass is 9.84. The summed E-state index contributed by atoms with van der Waals surface area (Å²) in [4.78, 5) is 12.2. The largest absolute Gasteiger partial charge is 0.365 e. The molecular formula is C18H24N2O2. The van der Waals surface area contributed by atoms with Crippen molar-refractivity contribution in [3.8, 4) is 6.07 Å². The van der Waals surface area contributed by atoms with E-state index in [-0.39, 0.29) is 12.0 Å². The van der Waals surface area contributed by atoms with Crippen LogP contribution in [-0.4, -0.2) is 18.1 Å². The number of rotatable bonds is 5. The van der Waals surface area contributed by atoms with E-state index in [0.29, 0.717) is 17.2 Å². The fourth-order valence-corrected chi connectivity index (χ4v) is 3.02. The fourth-order valence-electron chi connectivity index (χ4n) is 3.02. The number of nitrogens with zero attached hydrogens (tertiary/aromatic N) is 1. The minimum atomic E-state index is -0.465. The van der Waals surface area contributed by atoms with Gasteiger partial charge in [-0.3, -0.25) is 4.79 Å². The Labute approximate surface area is 132 Å². The lowest BCUT2D eigenvalue weighted by Crippen LogP contribution is -2.36. The number of benzene rings is 1. The van der Waals surface area contributed by atoms with Gasteiger partial charge in [-0.05, 0) is 49.9 Å². The molecule has 1 aliphatic carbocycles. The predicted octanol–water partition coefficient (Wildman–Crippen LogP) is 3.87. The van der Waals surface area contributed by atoms with Crippen molar-refractivity contribution in [2.45, 2.75) is 58.2 Å². The molecule has 22 heavy (non-hydrogen) atoms. The average Bonchev–Trinajstić information content (AvgIpc) is 2.56. The second kappa shape index (κ2) is 7.95. The van der Waals surface area contributed by atoms with Crippen LogP contribution in [0.3, 0.4) is 0 Å². The molecule has 0 bridgehead atoms. The number of hydrogen-bond acceptors (Lipinski definition) is 3. The smallest absolute Gasteiger partial charge is 0.253 e. The number of ether oxygens (including phenoxy) is 1. The zero-order valence-electron chi connectivity index (χ0n) is 13.3. The van der Waals surface area contributed by atoms with Crippen molar-refractivity contribution in [3.05, 3.63) is 29.8 Å². The van der Waals surface area contributed by atoms with Gasteiger partial charge in [0.25, 0.3) is 5.91 Å². The Balaban J connectivity index is 1.89. The standard InChI is InChI=1S/C18H24N2O2/c1-3-15-6-4-5-7-17(15)22-13(2)18(21)20-16-10-8-14(12-19)9-11-16/h8-11,13,15,17H,3-7H2,1-2H3,(H,20,21). The molecule has 1 amide bonds. The Bertz CT molecular complexity index is 533. The summed E-state index contributed by atoms with van der Waals surface area (Å²) in [5.41, 5.74) is 1.27. The van der Waals surface area contributed by atoms with Crippen LogP contribution in [0.5, 0.6) is 0 Å². The van der Waals surface area contributed by atoms with Crippen LogP contribution in [0.15, 0.2) is 24.3 Å². The molecule has 3 unspecified atom stereocenters. The molecule has 0 radical (unpaired) electrons. The summed E-state index contributed by atoms with van der Waals surface area (Å²) in [5, 5.41) is 11.6. The first-order valence-corrected chi connectivity index (χ1v) is 8.10. The van der Waals surface area contributed by atoms with Crippen molar-refractivity contribution in [3.63, 3.8) is 0 Å². The molecule has 1 aromatic carbocycles. The van der Waals surface area contributed by atoms with Crippen LogP contribution >= 0.6 is 0 Å². The molecule has 1 saturated carbocycles. The first kappa shape index (κ1) is 16.5. The summed E-state index contributed by atoms with van der Waals surface area (Å²) in [6, 6.07) is 8.91. The highest BCUT2D eigenvalue weighted by Crippen LogP contribution is 2.30. The van der Waals surface area contributed by atoms with E-state index in [1.165, 1.54) is 19.3 Å². The van der Waals surface area contributed by atoms with Crippen LogP contribution in [0.2, 0.25) is 0 Å². The highest BCUT2D eigenvalue weighted by Gasteiger charge is 2.27. The zero-order chi connectivity index (χ0) is 15.9. The topological polar surface area (TPSA) is 62.1 Å². The minimum Gasteiger partial charge on any atom is -0.365 e. The van der Waals surface area contributed by atoms with E-state index in [4.69, 9.17) is 10.00 Å². The molecule has 0 aliphatic heterocycles. The van der Waals surface area contributed by atoms with Crippen molar-refractivity contribution < 1.29 is 9.53 Å². The third kappa shape index (κ3) is 4.32. The number of hydrogen-bond donors (Lipinski definition) is 1. The number of anilines is 1. The lowest BCUT2D eigenvalue weighted by Gasteiger charge is -2.32. The highest BCUT2D eigenvalue weighted by atomic mass is 16.5. The average molecular weight is 300 g/mol. The summed E-state index contributed by atoms with van der Waals surface area (Å²) in [6.07, 6.45) is 5.54. The van der Waals surface area contributed by atoms with Crippen LogP contribution < -0.4 is 5.32 Å². The first-order chi connectivity index (χ1) is 10.6. The summed E-state index contributed by atoms with van der Waals surface area (Å²) >= 11 is 0. The maximum absolute atomic E-state index is 12.2. The van der Waals surface area contributed by atoms with Gasteiger partial charge in [0.2, 0.25) is 0 Å². The molecule has 0 aromatic heterocycles. The van der Waals surface area contributed by atoms with Crippen LogP contribution in [-0.2, 0) is 9.53 Å². The summed E-state index contributed by atoms with van der Waals surface area (Å²) in [6.45, 7) is 3.99. The quantitative estimate of drug-likeness (QED) is 0.897. The van der Waals surface area contributed by atoms with Crippen molar-refractivity contribution >= 4 is 11.6 Å². The van der Waals surface area contributed by atoms with Gasteiger partial charge < -0.3 is 10.1 Å². The van der Waals surface area contributed by atoms with Gasteiger partial charge in [-0.25, -0.2) is 0 Å². The van der Waals surface area contributed by atoms with Crippen molar-refractivity contribution in [2.75, 3.05) is 5.32 Å². The summed E-state index contributed by atoms with van der Waals surface area (Å²) in [7, 11) is 0.